The molecule has 0 aliphatic carbocycles. The lowest BCUT2D eigenvalue weighted by Gasteiger charge is -2.38. The molecule has 1 atom stereocenters. The monoisotopic (exact) mass is 555 g/mol. The summed E-state index contributed by atoms with van der Waals surface area (Å²) >= 11 is 3.48. The van der Waals surface area contributed by atoms with E-state index in [1.807, 2.05) is 55.1 Å². The molecule has 0 aromatic heterocycles. The number of halogens is 1. The van der Waals surface area contributed by atoms with E-state index in [0.29, 0.717) is 12.5 Å². The summed E-state index contributed by atoms with van der Waals surface area (Å²) in [6.45, 7) is 8.11. The average Bonchev–Trinajstić information content (AvgIpc) is 3.18. The zero-order valence-electron chi connectivity index (χ0n) is 21.6. The quantitative estimate of drug-likeness (QED) is 0.463. The Labute approximate surface area is 223 Å². The first-order chi connectivity index (χ1) is 17.3. The topological polar surface area (TPSA) is 61.9 Å². The van der Waals surface area contributed by atoms with Gasteiger partial charge in [0, 0.05) is 30.0 Å². The van der Waals surface area contributed by atoms with Gasteiger partial charge in [-0.1, -0.05) is 54.0 Å². The van der Waals surface area contributed by atoms with Gasteiger partial charge in [0.25, 0.3) is 0 Å². The highest BCUT2D eigenvalue weighted by molar-refractivity contribution is 9.10. The molecule has 2 aromatic carbocycles. The summed E-state index contributed by atoms with van der Waals surface area (Å²) < 4.78 is 6.35. The summed E-state index contributed by atoms with van der Waals surface area (Å²) in [5.74, 6) is 1.14. The van der Waals surface area contributed by atoms with E-state index in [0.717, 1.165) is 67.6 Å². The molecule has 2 fully saturated rings. The number of rotatable bonds is 9. The number of methoxy groups -OCH3 is 1. The third-order valence-electron chi connectivity index (χ3n) is 7.79. The third kappa shape index (κ3) is 6.30. The molecule has 2 saturated heterocycles. The van der Waals surface area contributed by atoms with Gasteiger partial charge in [-0.15, -0.1) is 0 Å². The Morgan fingerprint density at radius 3 is 2.28 bits per heavy atom. The first kappa shape index (κ1) is 26.7. The average molecular weight is 557 g/mol. The van der Waals surface area contributed by atoms with Crippen LogP contribution in [0.1, 0.15) is 56.7 Å². The van der Waals surface area contributed by atoms with E-state index >= 15 is 0 Å². The number of ether oxygens (including phenoxy) is 1. The van der Waals surface area contributed by atoms with Gasteiger partial charge >= 0.3 is 0 Å². The van der Waals surface area contributed by atoms with Gasteiger partial charge in [0.2, 0.25) is 11.8 Å². The van der Waals surface area contributed by atoms with Crippen molar-refractivity contribution in [1.29, 1.82) is 0 Å². The van der Waals surface area contributed by atoms with E-state index in [9.17, 15) is 9.59 Å². The zero-order valence-corrected chi connectivity index (χ0v) is 23.2. The van der Waals surface area contributed by atoms with Gasteiger partial charge in [-0.2, -0.15) is 0 Å². The summed E-state index contributed by atoms with van der Waals surface area (Å²) in [6, 6.07) is 16.2. The molecule has 2 aromatic rings. The molecule has 2 amide bonds. The molecule has 0 radical (unpaired) electrons. The number of nitrogens with zero attached hydrogens (tertiary/aromatic N) is 2. The molecular weight excluding hydrogens is 518 g/mol. The highest BCUT2D eigenvalue weighted by Crippen LogP contribution is 2.42. The van der Waals surface area contributed by atoms with Crippen molar-refractivity contribution >= 4 is 27.7 Å². The second-order valence-corrected chi connectivity index (χ2v) is 11.4. The van der Waals surface area contributed by atoms with Crippen LogP contribution in [-0.4, -0.2) is 54.9 Å². The highest BCUT2D eigenvalue weighted by Gasteiger charge is 2.47. The van der Waals surface area contributed by atoms with E-state index < -0.39 is 0 Å². The van der Waals surface area contributed by atoms with Crippen LogP contribution in [0.15, 0.2) is 53.0 Å². The smallest absolute Gasteiger partial charge is 0.229 e. The van der Waals surface area contributed by atoms with Gasteiger partial charge < -0.3 is 19.9 Å². The van der Waals surface area contributed by atoms with Crippen LogP contribution in [0.25, 0.3) is 0 Å². The molecule has 0 bridgehead atoms. The van der Waals surface area contributed by atoms with Crippen molar-refractivity contribution in [2.45, 2.75) is 52.1 Å². The molecule has 6 nitrogen and oxygen atoms in total. The van der Waals surface area contributed by atoms with Crippen LogP contribution in [0.4, 0.5) is 0 Å². The number of piperidine rings is 1. The summed E-state index contributed by atoms with van der Waals surface area (Å²) in [5, 5.41) is 3.23. The largest absolute Gasteiger partial charge is 0.497 e. The number of carbonyl (C=O) groups excluding carboxylic acids is 2. The third-order valence-corrected chi connectivity index (χ3v) is 8.32. The predicted molar refractivity (Wildman–Crippen MR) is 146 cm³/mol. The van der Waals surface area contributed by atoms with Crippen molar-refractivity contribution in [3.05, 3.63) is 64.1 Å². The Hall–Kier alpha value is -2.38. The van der Waals surface area contributed by atoms with Crippen molar-refractivity contribution in [1.82, 2.24) is 15.1 Å². The Morgan fingerprint density at radius 1 is 1.03 bits per heavy atom. The number of likely N-dealkylation sites (tertiary alicyclic amines) is 2. The van der Waals surface area contributed by atoms with Crippen molar-refractivity contribution in [3.63, 3.8) is 0 Å². The maximum absolute atomic E-state index is 13.4. The van der Waals surface area contributed by atoms with E-state index in [4.69, 9.17) is 4.74 Å². The predicted octanol–water partition coefficient (Wildman–Crippen LogP) is 5.18. The van der Waals surface area contributed by atoms with Gasteiger partial charge in [-0.25, -0.2) is 0 Å². The van der Waals surface area contributed by atoms with Crippen LogP contribution in [0.3, 0.4) is 0 Å². The number of amides is 2. The normalized spacial score (nSPS) is 18.6. The van der Waals surface area contributed by atoms with Crippen LogP contribution in [-0.2, 0) is 16.1 Å². The minimum absolute atomic E-state index is 0.0452. The number of hydrogen-bond acceptors (Lipinski definition) is 4. The first-order valence-electron chi connectivity index (χ1n) is 13.0. The Bertz CT molecular complexity index is 1030. The number of nitrogens with one attached hydrogen (secondary N) is 1. The van der Waals surface area contributed by atoms with E-state index in [2.05, 4.69) is 38.3 Å². The minimum Gasteiger partial charge on any atom is -0.497 e. The fourth-order valence-electron chi connectivity index (χ4n) is 5.33. The van der Waals surface area contributed by atoms with E-state index in [1.54, 1.807) is 7.11 Å². The van der Waals surface area contributed by atoms with Gasteiger partial charge in [-0.3, -0.25) is 9.59 Å². The first-order valence-corrected chi connectivity index (χ1v) is 13.8. The van der Waals surface area contributed by atoms with Crippen molar-refractivity contribution in [2.75, 3.05) is 33.3 Å². The Balaban J connectivity index is 1.32. The lowest BCUT2D eigenvalue weighted by molar-refractivity contribution is -0.139. The molecule has 4 rings (SSSR count). The number of carbonyl (C=O) groups is 2. The van der Waals surface area contributed by atoms with E-state index in [1.165, 1.54) is 5.56 Å². The fourth-order valence-corrected chi connectivity index (χ4v) is 5.60. The highest BCUT2D eigenvalue weighted by atomic mass is 79.9. The molecule has 0 saturated carbocycles. The lowest BCUT2D eigenvalue weighted by atomic mass is 9.77. The number of hydrogen-bond donors (Lipinski definition) is 1. The standard InChI is InChI=1S/C29H38BrN3O3/c1-21(2)27(34)31-26(23-6-10-25(36-3)11-7-23)12-16-32-17-13-29(14-18-32)15-19-33(28(29)35)20-22-4-8-24(30)9-5-22/h4-11,21,26H,12-20H2,1-3H3,(H,31,34). The molecular formula is C29H38BrN3O3. The molecule has 1 unspecified atom stereocenters. The summed E-state index contributed by atoms with van der Waals surface area (Å²) in [7, 11) is 1.66. The Kier molecular flexibility index (Phi) is 8.73. The van der Waals surface area contributed by atoms with Crippen LogP contribution in [0.5, 0.6) is 5.75 Å². The van der Waals surface area contributed by atoms with Gasteiger partial charge in [0.1, 0.15) is 5.75 Å². The van der Waals surface area contributed by atoms with Crippen LogP contribution in [0.2, 0.25) is 0 Å². The van der Waals surface area contributed by atoms with Crippen LogP contribution < -0.4 is 10.1 Å². The van der Waals surface area contributed by atoms with Gasteiger partial charge in [0.05, 0.1) is 18.6 Å². The maximum atomic E-state index is 13.4. The van der Waals surface area contributed by atoms with Crippen LogP contribution in [0, 0.1) is 11.3 Å². The number of benzene rings is 2. The molecule has 2 aliphatic heterocycles. The van der Waals surface area contributed by atoms with Gasteiger partial charge in [0.15, 0.2) is 0 Å². The van der Waals surface area contributed by atoms with Crippen molar-refractivity contribution in [2.24, 2.45) is 11.3 Å². The molecule has 2 heterocycles. The molecule has 2 aliphatic rings. The van der Waals surface area contributed by atoms with Crippen molar-refractivity contribution in [3.8, 4) is 5.75 Å². The zero-order chi connectivity index (χ0) is 25.7. The second kappa shape index (κ2) is 11.8. The lowest BCUT2D eigenvalue weighted by Crippen LogP contribution is -2.45. The fraction of sp³-hybridized carbons (Fsp3) is 0.517. The molecule has 1 N–H and O–H groups in total. The molecule has 194 valence electrons. The SMILES string of the molecule is COc1ccc(C(CCN2CCC3(CC2)CCN(Cc2ccc(Br)cc2)C3=O)NC(=O)C(C)C)cc1. The van der Waals surface area contributed by atoms with Gasteiger partial charge in [-0.05, 0) is 74.2 Å². The minimum atomic E-state index is -0.201. The molecule has 1 spiro atoms. The summed E-state index contributed by atoms with van der Waals surface area (Å²) in [4.78, 5) is 30.4. The van der Waals surface area contributed by atoms with E-state index in [-0.39, 0.29) is 23.3 Å². The van der Waals surface area contributed by atoms with Crippen molar-refractivity contribution < 1.29 is 14.3 Å². The second-order valence-electron chi connectivity index (χ2n) is 10.5. The maximum Gasteiger partial charge on any atom is 0.229 e. The molecule has 7 heteroatoms. The van der Waals surface area contributed by atoms with Crippen LogP contribution >= 0.6 is 15.9 Å². The summed E-state index contributed by atoms with van der Waals surface area (Å²) in [5.41, 5.74) is 2.06. The summed E-state index contributed by atoms with van der Waals surface area (Å²) in [6.07, 6.45) is 3.61. The Morgan fingerprint density at radius 2 is 1.67 bits per heavy atom. The molecule has 36 heavy (non-hydrogen) atoms.